The molecule has 2 N–H and O–H groups in total. The zero-order chi connectivity index (χ0) is 15.6. The van der Waals surface area contributed by atoms with Crippen molar-refractivity contribution in [1.29, 1.82) is 0 Å². The summed E-state index contributed by atoms with van der Waals surface area (Å²) in [5.74, 6) is -1.12. The van der Waals surface area contributed by atoms with Gasteiger partial charge in [-0.2, -0.15) is 0 Å². The van der Waals surface area contributed by atoms with Gasteiger partial charge in [-0.25, -0.2) is 4.39 Å². The van der Waals surface area contributed by atoms with Crippen LogP contribution in [-0.4, -0.2) is 34.5 Å². The fourth-order valence-corrected chi connectivity index (χ4v) is 2.67. The highest BCUT2D eigenvalue weighted by Crippen LogP contribution is 2.24. The van der Waals surface area contributed by atoms with Crippen LogP contribution in [0.25, 0.3) is 0 Å². The van der Waals surface area contributed by atoms with Crippen LogP contribution in [-0.2, 0) is 4.79 Å². The van der Waals surface area contributed by atoms with E-state index in [1.807, 2.05) is 20.8 Å². The second-order valence-corrected chi connectivity index (χ2v) is 6.16. The molecule has 1 fully saturated rings. The number of carbonyl (C=O) groups excluding carboxylic acids is 1. The van der Waals surface area contributed by atoms with E-state index in [2.05, 4.69) is 10.2 Å². The van der Waals surface area contributed by atoms with Crippen LogP contribution in [0.4, 0.5) is 4.39 Å². The average Bonchev–Trinajstić information content (AvgIpc) is 2.96. The molecule has 116 valence electrons. The molecule has 1 heterocycles. The van der Waals surface area contributed by atoms with Crippen molar-refractivity contribution in [1.82, 2.24) is 10.2 Å². The number of carbonyl (C=O) groups is 1. The highest BCUT2D eigenvalue weighted by Gasteiger charge is 2.36. The van der Waals surface area contributed by atoms with Crippen molar-refractivity contribution in [2.75, 3.05) is 13.1 Å². The van der Waals surface area contributed by atoms with E-state index in [9.17, 15) is 14.3 Å². The Morgan fingerprint density at radius 2 is 2.00 bits per heavy atom. The Hall–Kier alpha value is -1.62. The van der Waals surface area contributed by atoms with Gasteiger partial charge in [0.2, 0.25) is 5.91 Å². The van der Waals surface area contributed by atoms with Crippen LogP contribution in [0.15, 0.2) is 18.2 Å². The molecular formula is C16H23FN2O2. The van der Waals surface area contributed by atoms with Crippen LogP contribution < -0.4 is 5.32 Å². The molecule has 1 atom stereocenters. The number of amides is 1. The van der Waals surface area contributed by atoms with Gasteiger partial charge in [-0.15, -0.1) is 0 Å². The lowest BCUT2D eigenvalue weighted by Gasteiger charge is -2.34. The molecule has 0 bridgehead atoms. The number of hydrogen-bond acceptors (Lipinski definition) is 3. The maximum Gasteiger partial charge on any atom is 0.240 e. The third kappa shape index (κ3) is 3.35. The van der Waals surface area contributed by atoms with E-state index in [1.54, 1.807) is 6.07 Å². The van der Waals surface area contributed by atoms with E-state index in [1.165, 1.54) is 12.1 Å². The number of nitrogens with one attached hydrogen (secondary N) is 1. The second kappa shape index (κ2) is 6.02. The Morgan fingerprint density at radius 1 is 1.38 bits per heavy atom. The smallest absolute Gasteiger partial charge is 0.240 e. The molecule has 5 heteroatoms. The predicted molar refractivity (Wildman–Crippen MR) is 79.5 cm³/mol. The van der Waals surface area contributed by atoms with Crippen LogP contribution in [0.3, 0.4) is 0 Å². The number of phenolic OH excluding ortho intramolecular Hbond substituents is 1. The molecule has 4 nitrogen and oxygen atoms in total. The zero-order valence-corrected chi connectivity index (χ0v) is 12.8. The first-order valence-corrected chi connectivity index (χ1v) is 7.37. The third-order valence-corrected chi connectivity index (χ3v) is 4.27. The Labute approximate surface area is 125 Å². The standard InChI is InChI=1S/C16H23FN2O2/c1-11(12-6-7-14(20)13(17)10-12)18-15(21)16(2,3)19-8-4-5-9-19/h6-7,10-11,20H,4-5,8-9H2,1-3H3,(H,18,21)/t11-/m0/s1. The molecule has 2 rings (SSSR count). The molecule has 0 spiro atoms. The fourth-order valence-electron chi connectivity index (χ4n) is 2.67. The second-order valence-electron chi connectivity index (χ2n) is 6.16. The van der Waals surface area contributed by atoms with Gasteiger partial charge in [0.05, 0.1) is 11.6 Å². The van der Waals surface area contributed by atoms with Gasteiger partial charge in [-0.3, -0.25) is 9.69 Å². The van der Waals surface area contributed by atoms with E-state index in [4.69, 9.17) is 0 Å². The highest BCUT2D eigenvalue weighted by molar-refractivity contribution is 5.85. The number of nitrogens with zero attached hydrogens (tertiary/aromatic N) is 1. The molecule has 1 amide bonds. The van der Waals surface area contributed by atoms with Crippen molar-refractivity contribution >= 4 is 5.91 Å². The van der Waals surface area contributed by atoms with Gasteiger partial charge in [0.15, 0.2) is 11.6 Å². The largest absolute Gasteiger partial charge is 0.505 e. The molecule has 1 saturated heterocycles. The van der Waals surface area contributed by atoms with Crippen LogP contribution in [0, 0.1) is 5.82 Å². The minimum absolute atomic E-state index is 0.0645. The number of rotatable bonds is 4. The zero-order valence-electron chi connectivity index (χ0n) is 12.8. The average molecular weight is 294 g/mol. The van der Waals surface area contributed by atoms with E-state index in [-0.39, 0.29) is 17.7 Å². The first-order valence-electron chi connectivity index (χ1n) is 7.37. The van der Waals surface area contributed by atoms with Gasteiger partial charge < -0.3 is 10.4 Å². The molecule has 1 aromatic rings. The van der Waals surface area contributed by atoms with Crippen molar-refractivity contribution in [3.63, 3.8) is 0 Å². The van der Waals surface area contributed by atoms with Crippen molar-refractivity contribution in [3.8, 4) is 5.75 Å². The lowest BCUT2D eigenvalue weighted by atomic mass is 10.0. The lowest BCUT2D eigenvalue weighted by molar-refractivity contribution is -0.131. The van der Waals surface area contributed by atoms with E-state index in [0.29, 0.717) is 5.56 Å². The number of hydrogen-bond donors (Lipinski definition) is 2. The molecule has 1 aromatic carbocycles. The molecule has 1 aliphatic rings. The summed E-state index contributed by atoms with van der Waals surface area (Å²) in [6, 6.07) is 3.86. The van der Waals surface area contributed by atoms with Gasteiger partial charge >= 0.3 is 0 Å². The molecule has 0 radical (unpaired) electrons. The van der Waals surface area contributed by atoms with Crippen LogP contribution in [0.2, 0.25) is 0 Å². The lowest BCUT2D eigenvalue weighted by Crippen LogP contribution is -2.54. The van der Waals surface area contributed by atoms with Crippen molar-refractivity contribution < 1.29 is 14.3 Å². The number of aromatic hydroxyl groups is 1. The van der Waals surface area contributed by atoms with Crippen LogP contribution in [0.1, 0.15) is 45.2 Å². The van der Waals surface area contributed by atoms with Crippen LogP contribution in [0.5, 0.6) is 5.75 Å². The molecule has 0 aliphatic carbocycles. The predicted octanol–water partition coefficient (Wildman–Crippen LogP) is 2.58. The summed E-state index contributed by atoms with van der Waals surface area (Å²) in [5.41, 5.74) is 0.0658. The minimum Gasteiger partial charge on any atom is -0.505 e. The quantitative estimate of drug-likeness (QED) is 0.897. The number of benzene rings is 1. The van der Waals surface area contributed by atoms with Crippen molar-refractivity contribution in [2.24, 2.45) is 0 Å². The first kappa shape index (κ1) is 15.8. The summed E-state index contributed by atoms with van der Waals surface area (Å²) in [6.07, 6.45) is 2.24. The van der Waals surface area contributed by atoms with Gasteiger partial charge in [0, 0.05) is 0 Å². The van der Waals surface area contributed by atoms with Crippen molar-refractivity contribution in [2.45, 2.75) is 45.2 Å². The maximum absolute atomic E-state index is 13.4. The minimum atomic E-state index is -0.674. The number of halogens is 1. The molecule has 0 saturated carbocycles. The topological polar surface area (TPSA) is 52.6 Å². The Kier molecular flexibility index (Phi) is 4.52. The molecular weight excluding hydrogens is 271 g/mol. The summed E-state index contributed by atoms with van der Waals surface area (Å²) < 4.78 is 13.4. The van der Waals surface area contributed by atoms with Gasteiger partial charge in [0.1, 0.15) is 0 Å². The Balaban J connectivity index is 2.05. The SMILES string of the molecule is C[C@H](NC(=O)C(C)(C)N1CCCC1)c1ccc(O)c(F)c1. The number of phenols is 1. The third-order valence-electron chi connectivity index (χ3n) is 4.27. The van der Waals surface area contributed by atoms with Gasteiger partial charge in [0.25, 0.3) is 0 Å². The monoisotopic (exact) mass is 294 g/mol. The number of likely N-dealkylation sites (tertiary alicyclic amines) is 1. The molecule has 0 aromatic heterocycles. The van der Waals surface area contributed by atoms with Gasteiger partial charge in [-0.05, 0) is 64.4 Å². The maximum atomic E-state index is 13.4. The summed E-state index contributed by atoms with van der Waals surface area (Å²) in [7, 11) is 0. The summed E-state index contributed by atoms with van der Waals surface area (Å²) >= 11 is 0. The Bertz CT molecular complexity index is 525. The molecule has 21 heavy (non-hydrogen) atoms. The fraction of sp³-hybridized carbons (Fsp3) is 0.562. The van der Waals surface area contributed by atoms with Crippen LogP contribution >= 0.6 is 0 Å². The first-order chi connectivity index (χ1) is 9.82. The van der Waals surface area contributed by atoms with Crippen molar-refractivity contribution in [3.05, 3.63) is 29.6 Å². The Morgan fingerprint density at radius 3 is 2.57 bits per heavy atom. The summed E-state index contributed by atoms with van der Waals surface area (Å²) in [5, 5.41) is 12.1. The van der Waals surface area contributed by atoms with E-state index in [0.717, 1.165) is 25.9 Å². The molecule has 0 unspecified atom stereocenters. The normalized spacial score (nSPS) is 17.7. The van der Waals surface area contributed by atoms with Gasteiger partial charge in [-0.1, -0.05) is 6.07 Å². The summed E-state index contributed by atoms with van der Waals surface area (Å²) in [4.78, 5) is 14.7. The molecule has 1 aliphatic heterocycles. The summed E-state index contributed by atoms with van der Waals surface area (Å²) in [6.45, 7) is 7.50. The van der Waals surface area contributed by atoms with E-state index < -0.39 is 11.4 Å². The van der Waals surface area contributed by atoms with E-state index >= 15 is 0 Å². The highest BCUT2D eigenvalue weighted by atomic mass is 19.1.